The van der Waals surface area contributed by atoms with Crippen molar-refractivity contribution in [2.75, 3.05) is 13.1 Å². The van der Waals surface area contributed by atoms with Crippen molar-refractivity contribution in [2.24, 2.45) is 5.41 Å². The fourth-order valence-electron chi connectivity index (χ4n) is 2.66. The van der Waals surface area contributed by atoms with Gasteiger partial charge in [-0.3, -0.25) is 0 Å². The van der Waals surface area contributed by atoms with Crippen LogP contribution in [0.4, 0.5) is 0 Å². The highest BCUT2D eigenvalue weighted by Crippen LogP contribution is 2.41. The molecule has 1 atom stereocenters. The van der Waals surface area contributed by atoms with Gasteiger partial charge in [-0.05, 0) is 42.9 Å². The van der Waals surface area contributed by atoms with Crippen LogP contribution in [0.5, 0.6) is 0 Å². The quantitative estimate of drug-likeness (QED) is 0.775. The first-order chi connectivity index (χ1) is 8.61. The van der Waals surface area contributed by atoms with Crippen molar-refractivity contribution in [3.8, 4) is 0 Å². The van der Waals surface area contributed by atoms with E-state index in [2.05, 4.69) is 62.1 Å². The average molecular weight is 263 g/mol. The molecule has 1 unspecified atom stereocenters. The van der Waals surface area contributed by atoms with Gasteiger partial charge in [-0.2, -0.15) is 0 Å². The smallest absolute Gasteiger partial charge is 0.0141 e. The molecule has 0 aliphatic carbocycles. The molecule has 0 saturated carbocycles. The summed E-state index contributed by atoms with van der Waals surface area (Å²) in [6, 6.07) is 8.87. The third-order valence-electron chi connectivity index (χ3n) is 3.52. The Hall–Kier alpha value is -0.470. The molecule has 100 valence electrons. The first-order valence-corrected chi connectivity index (χ1v) is 7.94. The van der Waals surface area contributed by atoms with Gasteiger partial charge in [-0.1, -0.05) is 39.0 Å². The van der Waals surface area contributed by atoms with Crippen LogP contribution in [0, 0.1) is 5.41 Å². The van der Waals surface area contributed by atoms with Gasteiger partial charge in [0.25, 0.3) is 0 Å². The molecule has 0 radical (unpaired) electrons. The maximum atomic E-state index is 3.56. The molecule has 1 aliphatic rings. The number of rotatable bonds is 6. The molecule has 1 N–H and O–H groups in total. The molecular formula is C16H25NS. The van der Waals surface area contributed by atoms with Crippen LogP contribution in [0.15, 0.2) is 29.2 Å². The standard InChI is InChI=1S/C16H25NS/c1-4-9-17-12-16(2,3)11-14-10-13-7-5-6-8-15(13)18-14/h5-8,14,17H,4,9-12H2,1-3H3. The topological polar surface area (TPSA) is 12.0 Å². The van der Waals surface area contributed by atoms with Crippen molar-refractivity contribution in [1.29, 1.82) is 0 Å². The van der Waals surface area contributed by atoms with E-state index in [1.165, 1.54) is 24.2 Å². The van der Waals surface area contributed by atoms with E-state index in [1.54, 1.807) is 5.56 Å². The number of nitrogens with one attached hydrogen (secondary N) is 1. The number of benzene rings is 1. The fraction of sp³-hybridized carbons (Fsp3) is 0.625. The second-order valence-electron chi connectivity index (χ2n) is 6.10. The highest BCUT2D eigenvalue weighted by molar-refractivity contribution is 8.00. The third kappa shape index (κ3) is 3.76. The summed E-state index contributed by atoms with van der Waals surface area (Å²) in [6.07, 6.45) is 3.76. The van der Waals surface area contributed by atoms with Crippen LogP contribution in [-0.4, -0.2) is 18.3 Å². The Kier molecular flexibility index (Phi) is 4.74. The Morgan fingerprint density at radius 3 is 2.83 bits per heavy atom. The average Bonchev–Trinajstić information content (AvgIpc) is 2.70. The van der Waals surface area contributed by atoms with Gasteiger partial charge in [0.2, 0.25) is 0 Å². The van der Waals surface area contributed by atoms with Crippen LogP contribution in [0.1, 0.15) is 39.2 Å². The van der Waals surface area contributed by atoms with E-state index in [-0.39, 0.29) is 0 Å². The van der Waals surface area contributed by atoms with Crippen LogP contribution < -0.4 is 5.32 Å². The molecular weight excluding hydrogens is 238 g/mol. The van der Waals surface area contributed by atoms with E-state index >= 15 is 0 Å². The minimum Gasteiger partial charge on any atom is -0.316 e. The van der Waals surface area contributed by atoms with E-state index in [9.17, 15) is 0 Å². The minimum absolute atomic E-state index is 0.398. The fourth-order valence-corrected chi connectivity index (χ4v) is 4.28. The van der Waals surface area contributed by atoms with Crippen LogP contribution in [-0.2, 0) is 6.42 Å². The van der Waals surface area contributed by atoms with Crippen molar-refractivity contribution in [1.82, 2.24) is 5.32 Å². The predicted octanol–water partition coefficient (Wildman–Crippen LogP) is 4.12. The Balaban J connectivity index is 1.85. The Labute approximate surface area is 116 Å². The largest absolute Gasteiger partial charge is 0.316 e. The first-order valence-electron chi connectivity index (χ1n) is 7.06. The minimum atomic E-state index is 0.398. The molecule has 18 heavy (non-hydrogen) atoms. The van der Waals surface area contributed by atoms with Crippen LogP contribution >= 0.6 is 11.8 Å². The lowest BCUT2D eigenvalue weighted by Crippen LogP contribution is -2.32. The number of thioether (sulfide) groups is 1. The summed E-state index contributed by atoms with van der Waals surface area (Å²) in [5, 5.41) is 4.33. The van der Waals surface area contributed by atoms with Gasteiger partial charge < -0.3 is 5.32 Å². The molecule has 1 aromatic rings. The number of hydrogen-bond donors (Lipinski definition) is 1. The number of fused-ring (bicyclic) bond motifs is 1. The summed E-state index contributed by atoms with van der Waals surface area (Å²) in [5.74, 6) is 0. The highest BCUT2D eigenvalue weighted by Gasteiger charge is 2.28. The Morgan fingerprint density at radius 2 is 2.11 bits per heavy atom. The Bertz CT molecular complexity index is 361. The van der Waals surface area contributed by atoms with Gasteiger partial charge in [-0.25, -0.2) is 0 Å². The van der Waals surface area contributed by atoms with Gasteiger partial charge in [0.15, 0.2) is 0 Å². The van der Waals surface area contributed by atoms with E-state index in [4.69, 9.17) is 0 Å². The summed E-state index contributed by atoms with van der Waals surface area (Å²) in [5.41, 5.74) is 1.94. The first kappa shape index (κ1) is 14.0. The summed E-state index contributed by atoms with van der Waals surface area (Å²) in [7, 11) is 0. The number of hydrogen-bond acceptors (Lipinski definition) is 2. The molecule has 0 bridgehead atoms. The predicted molar refractivity (Wildman–Crippen MR) is 81.3 cm³/mol. The lowest BCUT2D eigenvalue weighted by Gasteiger charge is -2.28. The lowest BCUT2D eigenvalue weighted by molar-refractivity contribution is 0.312. The normalized spacial score (nSPS) is 18.9. The van der Waals surface area contributed by atoms with E-state index in [0.717, 1.165) is 18.3 Å². The van der Waals surface area contributed by atoms with Crippen LogP contribution in [0.3, 0.4) is 0 Å². The molecule has 1 heterocycles. The third-order valence-corrected chi connectivity index (χ3v) is 4.84. The molecule has 2 rings (SSSR count). The van der Waals surface area contributed by atoms with Crippen molar-refractivity contribution in [3.63, 3.8) is 0 Å². The molecule has 0 fully saturated rings. The van der Waals surface area contributed by atoms with Crippen LogP contribution in [0.2, 0.25) is 0 Å². The maximum Gasteiger partial charge on any atom is 0.0141 e. The molecule has 1 aromatic carbocycles. The zero-order valence-electron chi connectivity index (χ0n) is 11.8. The van der Waals surface area contributed by atoms with Crippen molar-refractivity contribution in [3.05, 3.63) is 29.8 Å². The van der Waals surface area contributed by atoms with E-state index < -0.39 is 0 Å². The van der Waals surface area contributed by atoms with Gasteiger partial charge in [-0.15, -0.1) is 11.8 Å². The molecule has 0 saturated heterocycles. The molecule has 2 heteroatoms. The zero-order valence-corrected chi connectivity index (χ0v) is 12.6. The van der Waals surface area contributed by atoms with E-state index in [0.29, 0.717) is 5.41 Å². The Morgan fingerprint density at radius 1 is 1.33 bits per heavy atom. The SMILES string of the molecule is CCCNCC(C)(C)CC1Cc2ccccc2S1. The van der Waals surface area contributed by atoms with E-state index in [1.807, 2.05) is 0 Å². The zero-order chi connectivity index (χ0) is 13.0. The second kappa shape index (κ2) is 6.12. The van der Waals surface area contributed by atoms with Crippen LogP contribution in [0.25, 0.3) is 0 Å². The summed E-state index contributed by atoms with van der Waals surface area (Å²) >= 11 is 2.07. The summed E-state index contributed by atoms with van der Waals surface area (Å²) in [4.78, 5) is 1.50. The summed E-state index contributed by atoms with van der Waals surface area (Å²) < 4.78 is 0. The second-order valence-corrected chi connectivity index (χ2v) is 7.44. The molecule has 0 aromatic heterocycles. The van der Waals surface area contributed by atoms with Gasteiger partial charge in [0.05, 0.1) is 0 Å². The van der Waals surface area contributed by atoms with Gasteiger partial charge >= 0.3 is 0 Å². The molecule has 0 spiro atoms. The van der Waals surface area contributed by atoms with Crippen molar-refractivity contribution >= 4 is 11.8 Å². The van der Waals surface area contributed by atoms with Gasteiger partial charge in [0.1, 0.15) is 0 Å². The van der Waals surface area contributed by atoms with Crippen molar-refractivity contribution < 1.29 is 0 Å². The molecule has 0 amide bonds. The van der Waals surface area contributed by atoms with Crippen molar-refractivity contribution in [2.45, 2.75) is 50.2 Å². The highest BCUT2D eigenvalue weighted by atomic mass is 32.2. The monoisotopic (exact) mass is 263 g/mol. The maximum absolute atomic E-state index is 3.56. The van der Waals surface area contributed by atoms with Gasteiger partial charge in [0, 0.05) is 16.7 Å². The molecule has 1 aliphatic heterocycles. The summed E-state index contributed by atoms with van der Waals surface area (Å²) in [6.45, 7) is 9.28. The lowest BCUT2D eigenvalue weighted by atomic mass is 9.86. The molecule has 1 nitrogen and oxygen atoms in total.